The van der Waals surface area contributed by atoms with E-state index in [9.17, 15) is 17.6 Å². The number of hydrogen-bond donors (Lipinski definition) is 0. The van der Waals surface area contributed by atoms with Crippen LogP contribution in [0, 0.1) is 30.5 Å². The molecule has 11 heteroatoms. The Morgan fingerprint density at radius 1 is 1.06 bits per heavy atom. The minimum absolute atomic E-state index is 0.0146. The van der Waals surface area contributed by atoms with Crippen molar-refractivity contribution in [3.05, 3.63) is 59.3 Å². The van der Waals surface area contributed by atoms with Gasteiger partial charge < -0.3 is 9.47 Å². The van der Waals surface area contributed by atoms with E-state index in [2.05, 4.69) is 41.8 Å². The first-order chi connectivity index (χ1) is 22.2. The third kappa shape index (κ3) is 6.73. The number of carbonyl (C=O) groups excluding carboxylic acids is 1. The Kier molecular flexibility index (Phi) is 9.56. The molecule has 2 aromatic heterocycles. The van der Waals surface area contributed by atoms with Gasteiger partial charge in [0.15, 0.2) is 0 Å². The van der Waals surface area contributed by atoms with Gasteiger partial charge in [0.05, 0.1) is 29.2 Å². The number of aromatic nitrogens is 2. The van der Waals surface area contributed by atoms with Crippen LogP contribution in [-0.2, 0) is 16.4 Å². The lowest BCUT2D eigenvalue weighted by Crippen LogP contribution is -2.62. The summed E-state index contributed by atoms with van der Waals surface area (Å²) in [5, 5.41) is 1.16. The molecule has 256 valence electrons. The topological polar surface area (TPSA) is 82.0 Å². The number of sulfonamides is 1. The standard InChI is InChI=1S/C36H51FN6O3S/c1-23(2)35(27-15-30(16-27)40-10-12-42(13-11-40)47(7,45)46)41-20-26(21-41)14-28-22-43(33-19-38-18-25(5)34(28)33)32-9-8-29(37)17-31(32)36(44)39(6)24(3)4/h8-9,17-19,22-24,26-27,30,35H,10-16,20-21H2,1-7H3/t27?,30?,35-/m1/s1. The van der Waals surface area contributed by atoms with E-state index < -0.39 is 15.8 Å². The third-order valence-corrected chi connectivity index (χ3v) is 12.3. The first-order valence-corrected chi connectivity index (χ1v) is 19.0. The van der Waals surface area contributed by atoms with Gasteiger partial charge in [-0.3, -0.25) is 19.6 Å². The molecule has 0 radical (unpaired) electrons. The second-order valence-corrected chi connectivity index (χ2v) is 16.9. The van der Waals surface area contributed by atoms with E-state index in [1.165, 1.54) is 36.8 Å². The highest BCUT2D eigenvalue weighted by Crippen LogP contribution is 2.42. The molecular weight excluding hydrogens is 616 g/mol. The van der Waals surface area contributed by atoms with Crippen molar-refractivity contribution in [2.75, 3.05) is 52.6 Å². The van der Waals surface area contributed by atoms with Crippen LogP contribution in [-0.4, -0.2) is 114 Å². The van der Waals surface area contributed by atoms with Gasteiger partial charge in [0, 0.05) is 82.2 Å². The van der Waals surface area contributed by atoms with Crippen molar-refractivity contribution in [3.63, 3.8) is 0 Å². The molecule has 0 bridgehead atoms. The molecule has 2 saturated heterocycles. The second-order valence-electron chi connectivity index (χ2n) is 14.9. The van der Waals surface area contributed by atoms with Crippen LogP contribution >= 0.6 is 0 Å². The summed E-state index contributed by atoms with van der Waals surface area (Å²) >= 11 is 0. The summed E-state index contributed by atoms with van der Waals surface area (Å²) < 4.78 is 42.0. The number of benzene rings is 1. The predicted octanol–water partition coefficient (Wildman–Crippen LogP) is 4.81. The Hall–Kier alpha value is -2.86. The number of pyridine rings is 1. The van der Waals surface area contributed by atoms with Gasteiger partial charge in [0.2, 0.25) is 10.0 Å². The van der Waals surface area contributed by atoms with Crippen molar-refractivity contribution in [2.24, 2.45) is 17.8 Å². The van der Waals surface area contributed by atoms with Gasteiger partial charge >= 0.3 is 0 Å². The number of rotatable bonds is 10. The Morgan fingerprint density at radius 3 is 2.36 bits per heavy atom. The monoisotopic (exact) mass is 666 g/mol. The molecule has 0 spiro atoms. The maximum absolute atomic E-state index is 14.5. The zero-order valence-electron chi connectivity index (χ0n) is 29.0. The molecule has 4 heterocycles. The highest BCUT2D eigenvalue weighted by Gasteiger charge is 2.45. The van der Waals surface area contributed by atoms with Crippen LogP contribution in [0.3, 0.4) is 0 Å². The quantitative estimate of drug-likeness (QED) is 0.309. The fraction of sp³-hybridized carbons (Fsp3) is 0.611. The molecule has 0 N–H and O–H groups in total. The van der Waals surface area contributed by atoms with Gasteiger partial charge in [0.1, 0.15) is 5.82 Å². The van der Waals surface area contributed by atoms with Crippen molar-refractivity contribution < 1.29 is 17.6 Å². The van der Waals surface area contributed by atoms with E-state index in [-0.39, 0.29) is 11.9 Å². The average Bonchev–Trinajstić information content (AvgIpc) is 3.34. The minimum Gasteiger partial charge on any atom is -0.339 e. The Balaban J connectivity index is 1.15. The fourth-order valence-electron chi connectivity index (χ4n) is 8.27. The first kappa shape index (κ1) is 34.0. The molecule has 2 aliphatic heterocycles. The molecule has 0 unspecified atom stereocenters. The lowest BCUT2D eigenvalue weighted by atomic mass is 9.69. The molecule has 3 aromatic rings. The Morgan fingerprint density at radius 2 is 1.74 bits per heavy atom. The van der Waals surface area contributed by atoms with E-state index >= 15 is 0 Å². The molecule has 6 rings (SSSR count). The smallest absolute Gasteiger partial charge is 0.256 e. The lowest BCUT2D eigenvalue weighted by molar-refractivity contribution is -0.0496. The maximum Gasteiger partial charge on any atom is 0.256 e. The molecule has 1 aromatic carbocycles. The second kappa shape index (κ2) is 13.2. The lowest BCUT2D eigenvalue weighted by Gasteiger charge is -2.55. The number of aryl methyl sites for hydroxylation is 1. The minimum atomic E-state index is -3.11. The van der Waals surface area contributed by atoms with Crippen LogP contribution in [0.5, 0.6) is 0 Å². The van der Waals surface area contributed by atoms with Gasteiger partial charge in [-0.15, -0.1) is 0 Å². The summed E-state index contributed by atoms with van der Waals surface area (Å²) in [5.41, 5.74) is 4.28. The van der Waals surface area contributed by atoms with E-state index in [0.717, 1.165) is 49.1 Å². The molecule has 47 heavy (non-hydrogen) atoms. The summed E-state index contributed by atoms with van der Waals surface area (Å²) in [6.45, 7) is 15.7. The average molecular weight is 667 g/mol. The molecule has 1 aliphatic carbocycles. The predicted molar refractivity (Wildman–Crippen MR) is 185 cm³/mol. The molecule has 1 amide bonds. The number of amides is 1. The maximum atomic E-state index is 14.5. The number of likely N-dealkylation sites (tertiary alicyclic amines) is 1. The fourth-order valence-corrected chi connectivity index (χ4v) is 9.10. The molecular formula is C36H51FN6O3S. The van der Waals surface area contributed by atoms with Crippen LogP contribution in [0.15, 0.2) is 36.8 Å². The largest absolute Gasteiger partial charge is 0.339 e. The van der Waals surface area contributed by atoms with Crippen LogP contribution in [0.25, 0.3) is 16.6 Å². The zero-order valence-corrected chi connectivity index (χ0v) is 29.8. The number of halogens is 1. The molecule has 1 saturated carbocycles. The van der Waals surface area contributed by atoms with Gasteiger partial charge in [-0.1, -0.05) is 13.8 Å². The Bertz CT molecular complexity index is 1720. The van der Waals surface area contributed by atoms with Crippen molar-refractivity contribution >= 4 is 26.8 Å². The highest BCUT2D eigenvalue weighted by molar-refractivity contribution is 7.88. The first-order valence-electron chi connectivity index (χ1n) is 17.2. The van der Waals surface area contributed by atoms with Crippen molar-refractivity contribution in [1.82, 2.24) is 28.6 Å². The van der Waals surface area contributed by atoms with E-state index in [4.69, 9.17) is 0 Å². The summed E-state index contributed by atoms with van der Waals surface area (Å²) in [4.78, 5) is 24.8. The van der Waals surface area contributed by atoms with Gasteiger partial charge in [-0.05, 0) is 87.1 Å². The van der Waals surface area contributed by atoms with Crippen molar-refractivity contribution in [3.8, 4) is 5.69 Å². The molecule has 3 fully saturated rings. The van der Waals surface area contributed by atoms with E-state index in [1.807, 2.05) is 30.8 Å². The number of fused-ring (bicyclic) bond motifs is 1. The van der Waals surface area contributed by atoms with Gasteiger partial charge in [-0.25, -0.2) is 12.8 Å². The van der Waals surface area contributed by atoms with Gasteiger partial charge in [-0.2, -0.15) is 4.31 Å². The number of hydrogen-bond acceptors (Lipinski definition) is 6. The summed E-state index contributed by atoms with van der Waals surface area (Å²) in [5.74, 6) is 1.13. The summed E-state index contributed by atoms with van der Waals surface area (Å²) in [7, 11) is -1.35. The van der Waals surface area contributed by atoms with Crippen molar-refractivity contribution in [2.45, 2.75) is 72.0 Å². The third-order valence-electron chi connectivity index (χ3n) is 11.0. The van der Waals surface area contributed by atoms with Crippen molar-refractivity contribution in [1.29, 1.82) is 0 Å². The number of carbonyl (C=O) groups is 1. The van der Waals surface area contributed by atoms with Crippen LogP contribution in [0.1, 0.15) is 62.0 Å². The molecule has 3 aliphatic rings. The number of piperazine rings is 1. The highest BCUT2D eigenvalue weighted by atomic mass is 32.2. The summed E-state index contributed by atoms with van der Waals surface area (Å²) in [6.07, 6.45) is 10.5. The van der Waals surface area contributed by atoms with E-state index in [0.29, 0.717) is 54.2 Å². The zero-order chi connectivity index (χ0) is 33.8. The van der Waals surface area contributed by atoms with Crippen LogP contribution in [0.4, 0.5) is 4.39 Å². The number of nitrogens with zero attached hydrogens (tertiary/aromatic N) is 6. The van der Waals surface area contributed by atoms with Gasteiger partial charge in [0.25, 0.3) is 5.91 Å². The normalized spacial score (nSPS) is 22.5. The SMILES string of the molecule is Cc1cncc2c1c(CC1CN([C@H](C(C)C)C3CC(N4CCN(S(C)(=O)=O)CC4)C3)C1)cn2-c1ccc(F)cc1C(=O)N(C)C(C)C. The molecule has 1 atom stereocenters. The summed E-state index contributed by atoms with van der Waals surface area (Å²) in [6, 6.07) is 5.58. The molecule has 9 nitrogen and oxygen atoms in total. The van der Waals surface area contributed by atoms with Crippen LogP contribution < -0.4 is 0 Å². The van der Waals surface area contributed by atoms with Crippen LogP contribution in [0.2, 0.25) is 0 Å². The Labute approximate surface area is 279 Å². The van der Waals surface area contributed by atoms with E-state index in [1.54, 1.807) is 22.3 Å².